The molecule has 5 rings (SSSR count). The number of fused-ring (bicyclic) bond motifs is 4. The molecule has 12 nitrogen and oxygen atoms in total. The van der Waals surface area contributed by atoms with E-state index in [4.69, 9.17) is 9.47 Å². The maximum atomic E-state index is 13.2. The second-order valence-corrected chi connectivity index (χ2v) is 8.85. The van der Waals surface area contributed by atoms with Crippen LogP contribution in [0.4, 0.5) is 0 Å². The van der Waals surface area contributed by atoms with E-state index in [-0.39, 0.29) is 30.7 Å². The number of amides is 2. The van der Waals surface area contributed by atoms with Crippen LogP contribution in [0.25, 0.3) is 0 Å². The van der Waals surface area contributed by atoms with Crippen LogP contribution in [0.3, 0.4) is 0 Å². The largest absolute Gasteiger partial charge is 0.489 e. The number of likely N-dealkylation sites (tertiary alicyclic amines) is 1. The Bertz CT molecular complexity index is 1250. The smallest absolute Gasteiger partial charge is 0.274 e. The first-order valence-electron chi connectivity index (χ1n) is 11.6. The second kappa shape index (κ2) is 9.45. The molecule has 184 valence electrons. The zero-order chi connectivity index (χ0) is 24.5. The van der Waals surface area contributed by atoms with Crippen LogP contribution in [-0.2, 0) is 29.2 Å². The monoisotopic (exact) mass is 480 g/mol. The highest BCUT2D eigenvalue weighted by Crippen LogP contribution is 2.20. The molecule has 1 fully saturated rings. The molecule has 2 aliphatic heterocycles. The SMILES string of the molecule is Cc1nn(CC(=O)N2C[C@@H]3NC(=O)c4ncccc4OCCn4cc(nn4)CO[C@H]3C2)c(C)c1C. The summed E-state index contributed by atoms with van der Waals surface area (Å²) in [5, 5.41) is 15.7. The predicted molar refractivity (Wildman–Crippen MR) is 123 cm³/mol. The Kier molecular flexibility index (Phi) is 6.20. The first kappa shape index (κ1) is 23.0. The number of nitrogens with one attached hydrogen (secondary N) is 1. The van der Waals surface area contributed by atoms with Gasteiger partial charge in [0.25, 0.3) is 5.91 Å². The molecule has 35 heavy (non-hydrogen) atoms. The summed E-state index contributed by atoms with van der Waals surface area (Å²) in [4.78, 5) is 32.2. The standard InChI is InChI=1S/C23H28N8O4/c1-14-15(2)27-31(16(14)3)12-21(32)29-10-18-20(11-29)35-13-17-9-30(28-26-17)7-8-34-19-5-4-6-24-22(19)23(33)25-18/h4-6,9,18,20H,7-8,10-13H2,1-3H3,(H,25,33)/t18-,20-/m0/s1. The number of rotatable bonds is 2. The van der Waals surface area contributed by atoms with E-state index in [2.05, 4.69) is 25.7 Å². The number of carbonyl (C=O) groups is 2. The van der Waals surface area contributed by atoms with Crippen LogP contribution in [0, 0.1) is 20.8 Å². The van der Waals surface area contributed by atoms with Gasteiger partial charge >= 0.3 is 0 Å². The van der Waals surface area contributed by atoms with Gasteiger partial charge in [-0.15, -0.1) is 5.10 Å². The summed E-state index contributed by atoms with van der Waals surface area (Å²) in [6, 6.07) is 2.99. The average Bonchev–Trinajstić information content (AvgIpc) is 3.53. The molecule has 0 aromatic carbocycles. The van der Waals surface area contributed by atoms with Crippen molar-refractivity contribution in [3.63, 3.8) is 0 Å². The molecule has 1 N–H and O–H groups in total. The van der Waals surface area contributed by atoms with Gasteiger partial charge in [0, 0.05) is 25.0 Å². The van der Waals surface area contributed by atoms with Gasteiger partial charge in [0.05, 0.1) is 37.2 Å². The van der Waals surface area contributed by atoms with E-state index in [1.165, 1.54) is 0 Å². The van der Waals surface area contributed by atoms with Gasteiger partial charge < -0.3 is 19.7 Å². The van der Waals surface area contributed by atoms with Crippen molar-refractivity contribution in [1.82, 2.24) is 40.0 Å². The van der Waals surface area contributed by atoms with E-state index in [1.807, 2.05) is 20.8 Å². The molecule has 0 unspecified atom stereocenters. The van der Waals surface area contributed by atoms with Crippen LogP contribution in [-0.4, -0.2) is 78.3 Å². The summed E-state index contributed by atoms with van der Waals surface area (Å²) >= 11 is 0. The van der Waals surface area contributed by atoms with Crippen molar-refractivity contribution in [2.45, 2.75) is 52.6 Å². The lowest BCUT2D eigenvalue weighted by Crippen LogP contribution is -2.44. The van der Waals surface area contributed by atoms with Crippen molar-refractivity contribution in [3.8, 4) is 5.75 Å². The number of ether oxygens (including phenoxy) is 2. The maximum absolute atomic E-state index is 13.2. The minimum absolute atomic E-state index is 0.0910. The lowest BCUT2D eigenvalue weighted by atomic mass is 10.2. The fraction of sp³-hybridized carbons (Fsp3) is 0.478. The summed E-state index contributed by atoms with van der Waals surface area (Å²) < 4.78 is 15.3. The van der Waals surface area contributed by atoms with Gasteiger partial charge in [-0.1, -0.05) is 5.21 Å². The summed E-state index contributed by atoms with van der Waals surface area (Å²) in [5.41, 5.74) is 3.79. The van der Waals surface area contributed by atoms with E-state index in [0.717, 1.165) is 17.0 Å². The highest BCUT2D eigenvalue weighted by molar-refractivity contribution is 5.95. The molecule has 12 heteroatoms. The zero-order valence-electron chi connectivity index (χ0n) is 20.0. The number of hydrogen-bond donors (Lipinski definition) is 1. The summed E-state index contributed by atoms with van der Waals surface area (Å²) in [5.74, 6) is -0.0889. The molecule has 0 saturated carbocycles. The molecule has 0 radical (unpaired) electrons. The molecule has 0 aliphatic carbocycles. The van der Waals surface area contributed by atoms with Crippen LogP contribution in [0.1, 0.15) is 33.1 Å². The molecule has 2 bridgehead atoms. The molecular formula is C23H28N8O4. The van der Waals surface area contributed by atoms with Gasteiger partial charge in [-0.2, -0.15) is 5.10 Å². The third kappa shape index (κ3) is 4.74. The van der Waals surface area contributed by atoms with E-state index >= 15 is 0 Å². The molecular weight excluding hydrogens is 452 g/mol. The Morgan fingerprint density at radius 1 is 1.26 bits per heavy atom. The zero-order valence-corrected chi connectivity index (χ0v) is 20.0. The van der Waals surface area contributed by atoms with Gasteiger partial charge in [-0.3, -0.25) is 14.3 Å². The van der Waals surface area contributed by atoms with Gasteiger partial charge in [0.2, 0.25) is 5.91 Å². The second-order valence-electron chi connectivity index (χ2n) is 8.85. The van der Waals surface area contributed by atoms with Crippen molar-refractivity contribution >= 4 is 11.8 Å². The third-order valence-electron chi connectivity index (χ3n) is 6.56. The van der Waals surface area contributed by atoms with Crippen LogP contribution in [0.2, 0.25) is 0 Å². The lowest BCUT2D eigenvalue weighted by Gasteiger charge is -2.20. The minimum atomic E-state index is -0.429. The number of carbonyl (C=O) groups excluding carboxylic acids is 2. The molecule has 0 spiro atoms. The molecule has 2 atom stereocenters. The van der Waals surface area contributed by atoms with E-state index in [1.54, 1.807) is 38.8 Å². The number of pyridine rings is 1. The van der Waals surface area contributed by atoms with Gasteiger partial charge in [0.15, 0.2) is 11.4 Å². The lowest BCUT2D eigenvalue weighted by molar-refractivity contribution is -0.131. The Morgan fingerprint density at radius 2 is 2.11 bits per heavy atom. The van der Waals surface area contributed by atoms with Crippen LogP contribution in [0.15, 0.2) is 24.5 Å². The van der Waals surface area contributed by atoms with Crippen molar-refractivity contribution in [2.75, 3.05) is 19.7 Å². The van der Waals surface area contributed by atoms with Crippen molar-refractivity contribution < 1.29 is 19.1 Å². The van der Waals surface area contributed by atoms with Gasteiger partial charge in [0.1, 0.15) is 18.8 Å². The number of nitrogens with zero attached hydrogens (tertiary/aromatic N) is 7. The summed E-state index contributed by atoms with van der Waals surface area (Å²) in [6.45, 7) is 7.62. The van der Waals surface area contributed by atoms with Crippen molar-refractivity contribution in [1.29, 1.82) is 0 Å². The molecule has 3 aromatic rings. The molecule has 2 aliphatic rings. The fourth-order valence-corrected chi connectivity index (χ4v) is 4.32. The maximum Gasteiger partial charge on any atom is 0.274 e. The fourth-order valence-electron chi connectivity index (χ4n) is 4.32. The molecule has 2 amide bonds. The third-order valence-corrected chi connectivity index (χ3v) is 6.56. The van der Waals surface area contributed by atoms with Crippen LogP contribution in [0.5, 0.6) is 5.75 Å². The topological polar surface area (TPSA) is 129 Å². The van der Waals surface area contributed by atoms with Gasteiger partial charge in [-0.05, 0) is 38.5 Å². The number of aromatic nitrogens is 6. The Balaban J connectivity index is 1.37. The van der Waals surface area contributed by atoms with E-state index < -0.39 is 12.1 Å². The van der Waals surface area contributed by atoms with Crippen molar-refractivity contribution in [3.05, 3.63) is 52.9 Å². The highest BCUT2D eigenvalue weighted by atomic mass is 16.5. The molecule has 3 aromatic heterocycles. The highest BCUT2D eigenvalue weighted by Gasteiger charge is 2.38. The van der Waals surface area contributed by atoms with Crippen molar-refractivity contribution in [2.24, 2.45) is 0 Å². The van der Waals surface area contributed by atoms with Crippen LogP contribution >= 0.6 is 0 Å². The molecule has 1 saturated heterocycles. The molecule has 5 heterocycles. The predicted octanol–water partition coefficient (Wildman–Crippen LogP) is 0.413. The number of aryl methyl sites for hydroxylation is 1. The first-order chi connectivity index (χ1) is 16.9. The Morgan fingerprint density at radius 3 is 2.91 bits per heavy atom. The van der Waals surface area contributed by atoms with E-state index in [9.17, 15) is 9.59 Å². The minimum Gasteiger partial charge on any atom is -0.489 e. The van der Waals surface area contributed by atoms with Crippen LogP contribution < -0.4 is 10.1 Å². The summed E-state index contributed by atoms with van der Waals surface area (Å²) in [7, 11) is 0. The van der Waals surface area contributed by atoms with Gasteiger partial charge in [-0.25, -0.2) is 9.67 Å². The first-order valence-corrected chi connectivity index (χ1v) is 11.6. The van der Waals surface area contributed by atoms with E-state index in [0.29, 0.717) is 37.7 Å². The number of hydrogen-bond acceptors (Lipinski definition) is 8. The quantitative estimate of drug-likeness (QED) is 0.559. The summed E-state index contributed by atoms with van der Waals surface area (Å²) in [6.07, 6.45) is 2.92. The Labute approximate surface area is 202 Å². The average molecular weight is 481 g/mol. The normalized spacial score (nSPS) is 20.4. The Hall–Kier alpha value is -3.80.